The van der Waals surface area contributed by atoms with Crippen molar-refractivity contribution in [2.75, 3.05) is 39.9 Å². The Bertz CT molecular complexity index is 3580. The largest absolute Gasteiger partial charge is 0.497 e. The lowest BCUT2D eigenvalue weighted by Gasteiger charge is -2.40. The van der Waals surface area contributed by atoms with Gasteiger partial charge in [-0.2, -0.15) is 0 Å². The Hall–Kier alpha value is -9.07. The summed E-state index contributed by atoms with van der Waals surface area (Å²) in [6.45, 7) is 21.0. The smallest absolute Gasteiger partial charge is 0.260 e. The number of benzene rings is 4. The number of ether oxygens (including phenoxy) is 5. The molecule has 0 aliphatic carbocycles. The predicted octanol–water partition coefficient (Wildman–Crippen LogP) is 10.3. The number of hydrogen-bond acceptors (Lipinski definition) is 14. The van der Waals surface area contributed by atoms with E-state index in [2.05, 4.69) is 43.6 Å². The molecule has 464 valence electrons. The Morgan fingerprint density at radius 3 is 1.50 bits per heavy atom. The number of anilines is 1. The number of amides is 7. The van der Waals surface area contributed by atoms with Gasteiger partial charge in [-0.1, -0.05) is 79.7 Å². The van der Waals surface area contributed by atoms with Crippen molar-refractivity contribution in [1.29, 1.82) is 0 Å². The van der Waals surface area contributed by atoms with Crippen molar-refractivity contribution in [2.45, 2.75) is 132 Å². The van der Waals surface area contributed by atoms with E-state index < -0.39 is 52.6 Å². The number of carbonyl (C=O) groups excluding carboxylic acids is 7. The van der Waals surface area contributed by atoms with E-state index in [-0.39, 0.29) is 47.1 Å². The van der Waals surface area contributed by atoms with Crippen LogP contribution in [0.4, 0.5) is 17.1 Å². The van der Waals surface area contributed by atoms with Gasteiger partial charge >= 0.3 is 0 Å². The number of carbonyl (C=O) groups is 7. The molecule has 0 aromatic heterocycles. The summed E-state index contributed by atoms with van der Waals surface area (Å²) in [6.07, 6.45) is 11.6. The fourth-order valence-electron chi connectivity index (χ4n) is 12.4. The Balaban J connectivity index is 0.772. The standard InChI is InChI=1S/C68H80N8O12/c1-39(2)59(73-64(83)67(8,9)36-68(10,11)76-57(77)23-24-58(76)78)61(80)71-40(3)60(79)72-45-19-15-41(16-20-45)43-25-46-31-69-51-29-55(53(85-13)27-49(51)62(81)74(46)33-43)87-37-65(4,5)35-66(6,7)38-88-56-30-52-50(28-54(56)86-14)63(82)75-34-44(26-47(75)32-70-52)42-17-21-48(84-12)22-18-42/h15-24,27-34,39-40,46-47,59H,25-26,35-38H2,1-14H3,(H,71,80)(H,72,79)(H,73,83)/t40-,46-,47-,59?/m0/s1. The van der Waals surface area contributed by atoms with Crippen molar-refractivity contribution in [3.05, 3.63) is 120 Å². The number of methoxy groups -OCH3 is 3. The number of hydrogen-bond donors (Lipinski definition) is 3. The van der Waals surface area contributed by atoms with Crippen LogP contribution in [-0.4, -0.2) is 133 Å². The molecule has 9 rings (SSSR count). The van der Waals surface area contributed by atoms with E-state index in [0.29, 0.717) is 83.7 Å². The molecular formula is C68H80N8O12. The molecule has 1 unspecified atom stereocenters. The molecule has 20 nitrogen and oxygen atoms in total. The highest BCUT2D eigenvalue weighted by Crippen LogP contribution is 2.44. The van der Waals surface area contributed by atoms with Gasteiger partial charge in [0.2, 0.25) is 17.7 Å². The van der Waals surface area contributed by atoms with Crippen LogP contribution in [0.15, 0.2) is 107 Å². The van der Waals surface area contributed by atoms with E-state index in [1.165, 1.54) is 19.3 Å². The van der Waals surface area contributed by atoms with Gasteiger partial charge in [0.05, 0.1) is 69.1 Å². The molecule has 4 aromatic carbocycles. The quantitative estimate of drug-likeness (QED) is 0.0588. The molecule has 4 atom stereocenters. The number of fused-ring (bicyclic) bond motifs is 4. The molecule has 0 bridgehead atoms. The topological polar surface area (TPSA) is 236 Å². The minimum absolute atomic E-state index is 0.133. The van der Waals surface area contributed by atoms with Gasteiger partial charge in [-0.3, -0.25) is 48.4 Å². The molecule has 0 saturated carbocycles. The Labute approximate surface area is 514 Å². The first-order chi connectivity index (χ1) is 41.5. The molecule has 3 N–H and O–H groups in total. The maximum Gasteiger partial charge on any atom is 0.260 e. The minimum Gasteiger partial charge on any atom is -0.497 e. The van der Waals surface area contributed by atoms with Crippen molar-refractivity contribution >= 4 is 82.0 Å². The second-order valence-electron chi connectivity index (χ2n) is 26.4. The van der Waals surface area contributed by atoms with E-state index >= 15 is 0 Å². The highest BCUT2D eigenvalue weighted by Gasteiger charge is 2.45. The SMILES string of the molecule is COc1ccc(C2=CN3C(=O)c4cc(OC)c(OCC(C)(C)CC(C)(C)COc5cc6c(cc5OC)C(=O)N5C=C(c7ccc(NC(=O)[C@H](C)NC(=O)C(NC(=O)C(C)(C)CC(C)(C)N8C(=O)C=CC8=O)C(C)C)cc7)C[C@H]5C=N6)cc4N=C[C@@H]3C2)cc1. The molecule has 5 aliphatic heterocycles. The van der Waals surface area contributed by atoms with Gasteiger partial charge in [0.15, 0.2) is 23.0 Å². The molecule has 5 heterocycles. The lowest BCUT2D eigenvalue weighted by atomic mass is 9.76. The van der Waals surface area contributed by atoms with Gasteiger partial charge < -0.3 is 49.4 Å². The zero-order chi connectivity index (χ0) is 63.8. The van der Waals surface area contributed by atoms with Gasteiger partial charge in [-0.25, -0.2) is 0 Å². The molecule has 0 fully saturated rings. The lowest BCUT2D eigenvalue weighted by Crippen LogP contribution is -2.57. The van der Waals surface area contributed by atoms with E-state index in [0.717, 1.165) is 32.9 Å². The summed E-state index contributed by atoms with van der Waals surface area (Å²) in [4.78, 5) is 108. The lowest BCUT2D eigenvalue weighted by molar-refractivity contribution is -0.146. The molecule has 0 spiro atoms. The van der Waals surface area contributed by atoms with Crippen LogP contribution in [0, 0.1) is 22.2 Å². The van der Waals surface area contributed by atoms with Crippen LogP contribution in [0.25, 0.3) is 11.1 Å². The third-order valence-corrected chi connectivity index (χ3v) is 16.5. The number of rotatable bonds is 23. The van der Waals surface area contributed by atoms with Gasteiger partial charge in [-0.15, -0.1) is 0 Å². The number of nitrogens with zero attached hydrogens (tertiary/aromatic N) is 5. The average Bonchev–Trinajstić information content (AvgIpc) is 3.37. The molecule has 0 radical (unpaired) electrons. The van der Waals surface area contributed by atoms with Crippen LogP contribution in [-0.2, 0) is 24.0 Å². The maximum atomic E-state index is 14.3. The number of aliphatic imine (C=N–C) groups is 2. The summed E-state index contributed by atoms with van der Waals surface area (Å²) in [6, 6.07) is 19.3. The van der Waals surface area contributed by atoms with E-state index in [9.17, 15) is 33.6 Å². The van der Waals surface area contributed by atoms with Crippen LogP contribution < -0.4 is 39.6 Å². The predicted molar refractivity (Wildman–Crippen MR) is 336 cm³/mol. The van der Waals surface area contributed by atoms with Crippen LogP contribution in [0.1, 0.15) is 134 Å². The van der Waals surface area contributed by atoms with E-state index in [4.69, 9.17) is 33.7 Å². The normalized spacial score (nSPS) is 17.9. The monoisotopic (exact) mass is 1200 g/mol. The second kappa shape index (κ2) is 25.0. The summed E-state index contributed by atoms with van der Waals surface area (Å²) in [5, 5.41) is 8.43. The van der Waals surface area contributed by atoms with Crippen LogP contribution >= 0.6 is 0 Å². The number of nitrogens with one attached hydrogen (secondary N) is 3. The number of imide groups is 1. The van der Waals surface area contributed by atoms with Crippen LogP contribution in [0.2, 0.25) is 0 Å². The zero-order valence-electron chi connectivity index (χ0n) is 52.7. The summed E-state index contributed by atoms with van der Waals surface area (Å²) in [5.41, 5.74) is 3.20. The fourth-order valence-corrected chi connectivity index (χ4v) is 12.4. The first-order valence-electron chi connectivity index (χ1n) is 29.6. The van der Waals surface area contributed by atoms with Crippen molar-refractivity contribution in [3.63, 3.8) is 0 Å². The highest BCUT2D eigenvalue weighted by atomic mass is 16.5. The fraction of sp³-hybridized carbons (Fsp3) is 0.426. The molecule has 88 heavy (non-hydrogen) atoms. The zero-order valence-corrected chi connectivity index (χ0v) is 52.7. The maximum absolute atomic E-state index is 14.3. The third kappa shape index (κ3) is 13.7. The van der Waals surface area contributed by atoms with Crippen molar-refractivity contribution in [3.8, 4) is 28.7 Å². The Morgan fingerprint density at radius 1 is 0.591 bits per heavy atom. The van der Waals surface area contributed by atoms with Crippen molar-refractivity contribution < 1.29 is 57.2 Å². The summed E-state index contributed by atoms with van der Waals surface area (Å²) < 4.78 is 29.9. The van der Waals surface area contributed by atoms with E-state index in [1.807, 2.05) is 55.0 Å². The molecule has 5 aliphatic rings. The third-order valence-electron chi connectivity index (χ3n) is 16.5. The van der Waals surface area contributed by atoms with Gasteiger partial charge in [0.25, 0.3) is 23.6 Å². The molecule has 0 saturated heterocycles. The summed E-state index contributed by atoms with van der Waals surface area (Å²) in [5.74, 6) is -0.624. The van der Waals surface area contributed by atoms with Crippen LogP contribution in [0.3, 0.4) is 0 Å². The highest BCUT2D eigenvalue weighted by molar-refractivity contribution is 6.13. The molecular weight excluding hydrogens is 1120 g/mol. The first-order valence-corrected chi connectivity index (χ1v) is 29.6. The van der Waals surface area contributed by atoms with Crippen LogP contribution in [0.5, 0.6) is 28.7 Å². The van der Waals surface area contributed by atoms with E-state index in [1.54, 1.807) is 115 Å². The molecule has 20 heteroatoms. The van der Waals surface area contributed by atoms with Gasteiger partial charge in [0, 0.05) is 78.6 Å². The molecule has 4 aromatic rings. The summed E-state index contributed by atoms with van der Waals surface area (Å²) in [7, 11) is 4.72. The average molecular weight is 1200 g/mol. The first kappa shape index (κ1) is 63.4. The van der Waals surface area contributed by atoms with Gasteiger partial charge in [-0.05, 0) is 109 Å². The van der Waals surface area contributed by atoms with Crippen molar-refractivity contribution in [1.82, 2.24) is 25.3 Å². The Kier molecular flexibility index (Phi) is 18.0. The summed E-state index contributed by atoms with van der Waals surface area (Å²) >= 11 is 0. The Morgan fingerprint density at radius 2 is 1.06 bits per heavy atom. The molecule has 7 amide bonds. The minimum atomic E-state index is -1.09. The van der Waals surface area contributed by atoms with Gasteiger partial charge in [0.1, 0.15) is 17.8 Å². The second-order valence-corrected chi connectivity index (χ2v) is 26.4. The van der Waals surface area contributed by atoms with Crippen molar-refractivity contribution in [2.24, 2.45) is 32.1 Å².